The maximum Gasteiger partial charge on any atom is 0.344 e. The van der Waals surface area contributed by atoms with Crippen molar-refractivity contribution in [2.45, 2.75) is 39.2 Å². The predicted molar refractivity (Wildman–Crippen MR) is 117 cm³/mol. The minimum Gasteiger partial charge on any atom is -0.482 e. The van der Waals surface area contributed by atoms with Crippen molar-refractivity contribution in [3.63, 3.8) is 0 Å². The second-order valence-corrected chi connectivity index (χ2v) is 7.91. The minimum atomic E-state index is -0.568. The summed E-state index contributed by atoms with van der Waals surface area (Å²) in [6.45, 7) is 3.86. The van der Waals surface area contributed by atoms with Gasteiger partial charge in [0, 0.05) is 17.4 Å². The van der Waals surface area contributed by atoms with Gasteiger partial charge in [-0.2, -0.15) is 0 Å². The second kappa shape index (κ2) is 10.7. The Labute approximate surface area is 178 Å². The van der Waals surface area contributed by atoms with Gasteiger partial charge in [0.2, 0.25) is 0 Å². The molecule has 6 nitrogen and oxygen atoms in total. The number of hydrogen-bond acceptors (Lipinski definition) is 5. The van der Waals surface area contributed by atoms with Crippen LogP contribution < -0.4 is 15.4 Å². The number of amides is 1. The predicted octanol–water partition coefficient (Wildman–Crippen LogP) is 4.29. The number of rotatable bonds is 8. The van der Waals surface area contributed by atoms with Crippen molar-refractivity contribution in [3.05, 3.63) is 54.6 Å². The molecule has 1 amide bonds. The van der Waals surface area contributed by atoms with Crippen LogP contribution >= 0.6 is 0 Å². The van der Waals surface area contributed by atoms with E-state index in [1.165, 1.54) is 6.42 Å². The van der Waals surface area contributed by atoms with Crippen LogP contribution in [0.1, 0.15) is 33.1 Å². The molecule has 1 aliphatic carbocycles. The standard InChI is InChI=1S/C24H30N2O4/c1-17-7-6-10-22(18(17)2)26-23(27)15-30-24(28)16-29-21-13-11-20(12-14-21)25-19-8-4-3-5-9-19/h3-5,8-9,11-14,17-18,22,25H,6-7,10,15-16H2,1-2H3,(H,26,27)/t17-,18+,22+/m0/s1. The van der Waals surface area contributed by atoms with E-state index in [9.17, 15) is 9.59 Å². The van der Waals surface area contributed by atoms with Crippen molar-refractivity contribution < 1.29 is 19.1 Å². The number of esters is 1. The highest BCUT2D eigenvalue weighted by Gasteiger charge is 2.28. The summed E-state index contributed by atoms with van der Waals surface area (Å²) >= 11 is 0. The number of anilines is 2. The number of ether oxygens (including phenoxy) is 2. The van der Waals surface area contributed by atoms with Gasteiger partial charge in [-0.1, -0.05) is 44.9 Å². The molecule has 0 bridgehead atoms. The van der Waals surface area contributed by atoms with Gasteiger partial charge >= 0.3 is 5.97 Å². The van der Waals surface area contributed by atoms with Crippen LogP contribution in [0.15, 0.2) is 54.6 Å². The van der Waals surface area contributed by atoms with Gasteiger partial charge in [0.25, 0.3) is 5.91 Å². The Bertz CT molecular complexity index is 823. The number of benzene rings is 2. The molecule has 6 heteroatoms. The molecule has 1 saturated carbocycles. The summed E-state index contributed by atoms with van der Waals surface area (Å²) in [6.07, 6.45) is 3.29. The maximum atomic E-state index is 12.1. The first kappa shape index (κ1) is 21.7. The fourth-order valence-corrected chi connectivity index (χ4v) is 3.69. The number of nitrogens with one attached hydrogen (secondary N) is 2. The fraction of sp³-hybridized carbons (Fsp3) is 0.417. The van der Waals surface area contributed by atoms with Crippen molar-refractivity contribution in [2.75, 3.05) is 18.5 Å². The lowest BCUT2D eigenvalue weighted by molar-refractivity contribution is -0.150. The molecule has 160 valence electrons. The lowest BCUT2D eigenvalue weighted by Crippen LogP contribution is -2.45. The zero-order valence-electron chi connectivity index (χ0n) is 17.6. The van der Waals surface area contributed by atoms with Crippen LogP contribution in [-0.4, -0.2) is 31.1 Å². The van der Waals surface area contributed by atoms with Gasteiger partial charge in [-0.15, -0.1) is 0 Å². The molecular formula is C24H30N2O4. The largest absolute Gasteiger partial charge is 0.482 e. The maximum absolute atomic E-state index is 12.1. The lowest BCUT2D eigenvalue weighted by Gasteiger charge is -2.34. The molecule has 2 aromatic carbocycles. The van der Waals surface area contributed by atoms with Crippen LogP contribution in [0.3, 0.4) is 0 Å². The van der Waals surface area contributed by atoms with Crippen molar-refractivity contribution in [1.29, 1.82) is 0 Å². The molecule has 30 heavy (non-hydrogen) atoms. The average molecular weight is 411 g/mol. The van der Waals surface area contributed by atoms with E-state index in [-0.39, 0.29) is 25.2 Å². The molecule has 3 atom stereocenters. The Hall–Kier alpha value is -3.02. The van der Waals surface area contributed by atoms with E-state index in [0.717, 1.165) is 24.2 Å². The third kappa shape index (κ3) is 6.51. The Morgan fingerprint density at radius 1 is 0.933 bits per heavy atom. The van der Waals surface area contributed by atoms with E-state index in [1.54, 1.807) is 12.1 Å². The van der Waals surface area contributed by atoms with E-state index >= 15 is 0 Å². The molecule has 1 fully saturated rings. The number of carbonyl (C=O) groups is 2. The highest BCUT2D eigenvalue weighted by atomic mass is 16.6. The van der Waals surface area contributed by atoms with E-state index < -0.39 is 5.97 Å². The molecule has 0 heterocycles. The Balaban J connectivity index is 1.36. The van der Waals surface area contributed by atoms with Gasteiger partial charge in [-0.3, -0.25) is 4.79 Å². The van der Waals surface area contributed by atoms with Crippen molar-refractivity contribution in [1.82, 2.24) is 5.32 Å². The highest BCUT2D eigenvalue weighted by Crippen LogP contribution is 2.29. The topological polar surface area (TPSA) is 76.7 Å². The molecule has 2 N–H and O–H groups in total. The molecule has 0 aliphatic heterocycles. The Morgan fingerprint density at radius 3 is 2.37 bits per heavy atom. The van der Waals surface area contributed by atoms with Crippen LogP contribution in [0.2, 0.25) is 0 Å². The molecular weight excluding hydrogens is 380 g/mol. The fourth-order valence-electron chi connectivity index (χ4n) is 3.69. The Morgan fingerprint density at radius 2 is 1.63 bits per heavy atom. The van der Waals surface area contributed by atoms with Gasteiger partial charge in [0.05, 0.1) is 0 Å². The molecule has 2 aromatic rings. The monoisotopic (exact) mass is 410 g/mol. The van der Waals surface area contributed by atoms with Gasteiger partial charge in [-0.05, 0) is 54.7 Å². The summed E-state index contributed by atoms with van der Waals surface area (Å²) < 4.78 is 10.5. The summed E-state index contributed by atoms with van der Waals surface area (Å²) in [4.78, 5) is 24.0. The molecule has 1 aliphatic rings. The van der Waals surface area contributed by atoms with Crippen LogP contribution in [0.4, 0.5) is 11.4 Å². The van der Waals surface area contributed by atoms with Crippen molar-refractivity contribution >= 4 is 23.3 Å². The zero-order valence-corrected chi connectivity index (χ0v) is 17.6. The highest BCUT2D eigenvalue weighted by molar-refractivity contribution is 5.81. The van der Waals surface area contributed by atoms with E-state index in [1.807, 2.05) is 42.5 Å². The van der Waals surface area contributed by atoms with Gasteiger partial charge in [-0.25, -0.2) is 4.79 Å². The molecule has 0 unspecified atom stereocenters. The SMILES string of the molecule is C[C@@H]1[C@@H](C)CCC[C@H]1NC(=O)COC(=O)COc1ccc(Nc2ccccc2)cc1. The summed E-state index contributed by atoms with van der Waals surface area (Å²) in [5.41, 5.74) is 1.91. The minimum absolute atomic E-state index is 0.152. The van der Waals surface area contributed by atoms with E-state index in [0.29, 0.717) is 17.6 Å². The summed E-state index contributed by atoms with van der Waals surface area (Å²) in [5.74, 6) is 0.753. The van der Waals surface area contributed by atoms with Crippen LogP contribution in [0, 0.1) is 11.8 Å². The van der Waals surface area contributed by atoms with E-state index in [4.69, 9.17) is 9.47 Å². The number of carbonyl (C=O) groups excluding carboxylic acids is 2. The summed E-state index contributed by atoms with van der Waals surface area (Å²) in [6, 6.07) is 17.3. The molecule has 0 aromatic heterocycles. The quantitative estimate of drug-likeness (QED) is 0.635. The molecule has 0 radical (unpaired) electrons. The van der Waals surface area contributed by atoms with Gasteiger partial charge < -0.3 is 20.1 Å². The number of para-hydroxylation sites is 1. The number of hydrogen-bond donors (Lipinski definition) is 2. The van der Waals surface area contributed by atoms with E-state index in [2.05, 4.69) is 24.5 Å². The Kier molecular flexibility index (Phi) is 7.71. The van der Waals surface area contributed by atoms with Crippen LogP contribution in [0.25, 0.3) is 0 Å². The van der Waals surface area contributed by atoms with Gasteiger partial charge in [0.1, 0.15) is 5.75 Å². The zero-order chi connectivity index (χ0) is 21.3. The normalized spacial score (nSPS) is 20.8. The summed E-state index contributed by atoms with van der Waals surface area (Å²) in [5, 5.41) is 6.27. The second-order valence-electron chi connectivity index (χ2n) is 7.91. The summed E-state index contributed by atoms with van der Waals surface area (Å²) in [7, 11) is 0. The van der Waals surface area contributed by atoms with Crippen LogP contribution in [0.5, 0.6) is 5.75 Å². The van der Waals surface area contributed by atoms with Gasteiger partial charge in [0.15, 0.2) is 13.2 Å². The smallest absolute Gasteiger partial charge is 0.344 e. The first-order valence-electron chi connectivity index (χ1n) is 10.5. The third-order valence-electron chi connectivity index (χ3n) is 5.69. The van der Waals surface area contributed by atoms with Crippen LogP contribution in [-0.2, 0) is 14.3 Å². The van der Waals surface area contributed by atoms with Crippen molar-refractivity contribution in [2.24, 2.45) is 11.8 Å². The third-order valence-corrected chi connectivity index (χ3v) is 5.69. The first-order chi connectivity index (χ1) is 14.5. The molecule has 0 saturated heterocycles. The average Bonchev–Trinajstić information content (AvgIpc) is 2.76. The first-order valence-corrected chi connectivity index (χ1v) is 10.5. The lowest BCUT2D eigenvalue weighted by atomic mass is 9.78. The van der Waals surface area contributed by atoms with Crippen molar-refractivity contribution in [3.8, 4) is 5.75 Å². The molecule has 0 spiro atoms. The molecule has 3 rings (SSSR count).